The molecular formula is C20H25F13O3. The summed E-state index contributed by atoms with van der Waals surface area (Å²) in [6.07, 6.45) is -8.44. The van der Waals surface area contributed by atoms with Gasteiger partial charge in [-0.3, -0.25) is 9.59 Å². The minimum absolute atomic E-state index is 0.0462. The monoisotopic (exact) mass is 560 g/mol. The lowest BCUT2D eigenvalue weighted by atomic mass is 9.91. The van der Waals surface area contributed by atoms with E-state index in [0.717, 1.165) is 12.8 Å². The fraction of sp³-hybridized carbons (Fsp3) is 0.900. The molecular weight excluding hydrogens is 535 g/mol. The second-order valence-electron chi connectivity index (χ2n) is 8.49. The number of esters is 1. The maximum absolute atomic E-state index is 13.7. The number of alkyl halides is 13. The molecule has 0 heterocycles. The number of rotatable bonds is 15. The average Bonchev–Trinajstić information content (AvgIpc) is 2.70. The van der Waals surface area contributed by atoms with Crippen LogP contribution in [0.15, 0.2) is 0 Å². The summed E-state index contributed by atoms with van der Waals surface area (Å²) >= 11 is 0. The molecule has 0 aromatic rings. The standard InChI is InChI=1S/C20H25F13O3/c1-4-5-6-11(2)9-13(34)12(3)10-14(35)36-8-7-15(21,22)16(23,24)17(25,26)18(27,28)19(29,30)20(31,32)33/h11-12H,4-10H2,1-3H3. The summed E-state index contributed by atoms with van der Waals surface area (Å²) in [6.45, 7) is 3.09. The smallest absolute Gasteiger partial charge is 0.460 e. The van der Waals surface area contributed by atoms with Gasteiger partial charge in [0.15, 0.2) is 0 Å². The Morgan fingerprint density at radius 3 is 1.64 bits per heavy atom. The molecule has 2 atom stereocenters. The van der Waals surface area contributed by atoms with Gasteiger partial charge in [0.25, 0.3) is 0 Å². The summed E-state index contributed by atoms with van der Waals surface area (Å²) in [5, 5.41) is 0. The number of ether oxygens (including phenoxy) is 1. The van der Waals surface area contributed by atoms with Crippen LogP contribution in [0, 0.1) is 11.8 Å². The Bertz CT molecular complexity index is 748. The van der Waals surface area contributed by atoms with E-state index in [4.69, 9.17) is 0 Å². The minimum Gasteiger partial charge on any atom is -0.465 e. The lowest BCUT2D eigenvalue weighted by Gasteiger charge is -2.39. The summed E-state index contributed by atoms with van der Waals surface area (Å²) < 4.78 is 173. The predicted molar refractivity (Wildman–Crippen MR) is 98.5 cm³/mol. The van der Waals surface area contributed by atoms with Crippen LogP contribution in [-0.4, -0.2) is 54.1 Å². The normalized spacial score (nSPS) is 16.0. The Morgan fingerprint density at radius 2 is 1.19 bits per heavy atom. The van der Waals surface area contributed by atoms with Crippen molar-refractivity contribution < 1.29 is 71.4 Å². The van der Waals surface area contributed by atoms with E-state index in [0.29, 0.717) is 6.42 Å². The molecule has 0 saturated carbocycles. The Morgan fingerprint density at radius 1 is 0.722 bits per heavy atom. The van der Waals surface area contributed by atoms with Gasteiger partial charge in [0, 0.05) is 12.3 Å². The second-order valence-corrected chi connectivity index (χ2v) is 8.49. The van der Waals surface area contributed by atoms with E-state index in [-0.39, 0.29) is 12.3 Å². The molecule has 2 unspecified atom stereocenters. The number of hydrogen-bond donors (Lipinski definition) is 0. The fourth-order valence-electron chi connectivity index (χ4n) is 2.87. The van der Waals surface area contributed by atoms with Crippen molar-refractivity contribution in [2.75, 3.05) is 6.61 Å². The molecule has 0 amide bonds. The summed E-state index contributed by atoms with van der Waals surface area (Å²) in [4.78, 5) is 23.7. The third-order valence-electron chi connectivity index (χ3n) is 5.30. The van der Waals surface area contributed by atoms with Crippen LogP contribution in [0.3, 0.4) is 0 Å². The topological polar surface area (TPSA) is 43.4 Å². The highest BCUT2D eigenvalue weighted by atomic mass is 19.4. The highest BCUT2D eigenvalue weighted by Gasteiger charge is 2.90. The van der Waals surface area contributed by atoms with Gasteiger partial charge in [-0.15, -0.1) is 0 Å². The van der Waals surface area contributed by atoms with E-state index in [1.807, 2.05) is 6.92 Å². The third-order valence-corrected chi connectivity index (χ3v) is 5.30. The SMILES string of the molecule is CCCCC(C)CC(=O)C(C)CC(=O)OCCC(F)(F)C(F)(F)C(F)(F)C(F)(F)C(F)(F)C(F)(F)F. The number of halogens is 13. The number of ketones is 1. The second kappa shape index (κ2) is 11.7. The van der Waals surface area contributed by atoms with Gasteiger partial charge < -0.3 is 4.74 Å². The summed E-state index contributed by atoms with van der Waals surface area (Å²) in [7, 11) is 0. The van der Waals surface area contributed by atoms with Crippen molar-refractivity contribution in [1.29, 1.82) is 0 Å². The molecule has 214 valence electrons. The fourth-order valence-corrected chi connectivity index (χ4v) is 2.87. The lowest BCUT2D eigenvalue weighted by Crippen LogP contribution is -2.70. The van der Waals surface area contributed by atoms with Gasteiger partial charge in [0.1, 0.15) is 5.78 Å². The molecule has 0 spiro atoms. The van der Waals surface area contributed by atoms with Gasteiger partial charge >= 0.3 is 41.8 Å². The summed E-state index contributed by atoms with van der Waals surface area (Å²) in [6, 6.07) is 0. The van der Waals surface area contributed by atoms with Gasteiger partial charge in [-0.1, -0.05) is 40.0 Å². The van der Waals surface area contributed by atoms with Crippen LogP contribution in [0.5, 0.6) is 0 Å². The minimum atomic E-state index is -7.98. The van der Waals surface area contributed by atoms with E-state index in [2.05, 4.69) is 4.74 Å². The molecule has 16 heteroatoms. The van der Waals surface area contributed by atoms with Gasteiger partial charge in [-0.2, -0.15) is 57.1 Å². The number of carbonyl (C=O) groups is 2. The quantitative estimate of drug-likeness (QED) is 0.154. The Labute approximate surface area is 197 Å². The molecule has 0 radical (unpaired) electrons. The largest absolute Gasteiger partial charge is 0.465 e. The number of hydrogen-bond acceptors (Lipinski definition) is 3. The molecule has 0 aliphatic heterocycles. The number of unbranched alkanes of at least 4 members (excludes halogenated alkanes) is 1. The molecule has 0 aromatic heterocycles. The lowest BCUT2D eigenvalue weighted by molar-refractivity contribution is -0.440. The first-order valence-electron chi connectivity index (χ1n) is 10.5. The number of Topliss-reactive ketones (excluding diaryl/α,β-unsaturated/α-hetero) is 1. The van der Waals surface area contributed by atoms with Crippen LogP contribution in [0.4, 0.5) is 57.1 Å². The van der Waals surface area contributed by atoms with Crippen molar-refractivity contribution in [3.63, 3.8) is 0 Å². The van der Waals surface area contributed by atoms with Gasteiger partial charge in [-0.05, 0) is 5.92 Å². The Hall–Kier alpha value is -1.77. The van der Waals surface area contributed by atoms with Crippen molar-refractivity contribution >= 4 is 11.8 Å². The van der Waals surface area contributed by atoms with Crippen LogP contribution in [0.25, 0.3) is 0 Å². The van der Waals surface area contributed by atoms with Crippen molar-refractivity contribution in [2.45, 2.75) is 95.1 Å². The number of carbonyl (C=O) groups excluding carboxylic acids is 2. The van der Waals surface area contributed by atoms with Crippen LogP contribution < -0.4 is 0 Å². The van der Waals surface area contributed by atoms with Crippen molar-refractivity contribution in [2.24, 2.45) is 11.8 Å². The average molecular weight is 560 g/mol. The molecule has 0 aliphatic rings. The zero-order valence-electron chi connectivity index (χ0n) is 19.2. The summed E-state index contributed by atoms with van der Waals surface area (Å²) in [5.41, 5.74) is 0. The highest BCUT2D eigenvalue weighted by Crippen LogP contribution is 2.60. The van der Waals surface area contributed by atoms with Gasteiger partial charge in [0.2, 0.25) is 0 Å². The van der Waals surface area contributed by atoms with Crippen LogP contribution >= 0.6 is 0 Å². The Kier molecular flexibility index (Phi) is 11.2. The van der Waals surface area contributed by atoms with Crippen LogP contribution in [0.2, 0.25) is 0 Å². The summed E-state index contributed by atoms with van der Waals surface area (Å²) in [5.74, 6) is -40.4. The van der Waals surface area contributed by atoms with E-state index in [9.17, 15) is 66.7 Å². The molecule has 0 saturated heterocycles. The highest BCUT2D eigenvalue weighted by molar-refractivity contribution is 5.85. The zero-order chi connectivity index (χ0) is 29.0. The molecule has 0 aliphatic carbocycles. The van der Waals surface area contributed by atoms with Crippen molar-refractivity contribution in [3.8, 4) is 0 Å². The molecule has 0 rings (SSSR count). The van der Waals surface area contributed by atoms with E-state index in [1.54, 1.807) is 6.92 Å². The molecule has 0 fully saturated rings. The zero-order valence-corrected chi connectivity index (χ0v) is 19.2. The molecule has 0 N–H and O–H groups in total. The first-order valence-corrected chi connectivity index (χ1v) is 10.5. The Balaban J connectivity index is 5.25. The van der Waals surface area contributed by atoms with Crippen molar-refractivity contribution in [1.82, 2.24) is 0 Å². The third kappa shape index (κ3) is 7.17. The molecule has 0 aromatic carbocycles. The van der Waals surface area contributed by atoms with Crippen molar-refractivity contribution in [3.05, 3.63) is 0 Å². The molecule has 0 bridgehead atoms. The van der Waals surface area contributed by atoms with E-state index < -0.39 is 72.9 Å². The van der Waals surface area contributed by atoms with E-state index in [1.165, 1.54) is 6.92 Å². The first-order chi connectivity index (χ1) is 15.9. The van der Waals surface area contributed by atoms with Crippen LogP contribution in [0.1, 0.15) is 59.3 Å². The molecule has 3 nitrogen and oxygen atoms in total. The van der Waals surface area contributed by atoms with Crippen LogP contribution in [-0.2, 0) is 14.3 Å². The maximum Gasteiger partial charge on any atom is 0.460 e. The first kappa shape index (κ1) is 34.2. The predicted octanol–water partition coefficient (Wildman–Crippen LogP) is 7.47. The van der Waals surface area contributed by atoms with E-state index >= 15 is 0 Å². The molecule has 36 heavy (non-hydrogen) atoms. The van der Waals surface area contributed by atoms with Gasteiger partial charge in [0.05, 0.1) is 19.4 Å². The van der Waals surface area contributed by atoms with Gasteiger partial charge in [-0.25, -0.2) is 0 Å². The maximum atomic E-state index is 13.7.